The zero-order valence-electron chi connectivity index (χ0n) is 19.2. The van der Waals surface area contributed by atoms with E-state index in [4.69, 9.17) is 36.3 Å². The van der Waals surface area contributed by atoms with Gasteiger partial charge in [-0.15, -0.1) is 0 Å². The van der Waals surface area contributed by atoms with Crippen molar-refractivity contribution in [2.75, 3.05) is 13.4 Å². The van der Waals surface area contributed by atoms with E-state index in [2.05, 4.69) is 0 Å². The number of nitrogens with zero attached hydrogens (tertiary/aromatic N) is 1. The van der Waals surface area contributed by atoms with Gasteiger partial charge in [-0.05, 0) is 43.2 Å². The molecule has 0 aliphatic carbocycles. The van der Waals surface area contributed by atoms with Gasteiger partial charge in [-0.2, -0.15) is 0 Å². The van der Waals surface area contributed by atoms with Gasteiger partial charge in [0.1, 0.15) is 11.3 Å². The predicted molar refractivity (Wildman–Crippen MR) is 129 cm³/mol. The topological polar surface area (TPSA) is 102 Å². The average molecular weight is 495 g/mol. The molecule has 2 N–H and O–H groups in total. The Labute approximate surface area is 206 Å². The quantitative estimate of drug-likeness (QED) is 0.537. The maximum atomic E-state index is 14.0. The van der Waals surface area contributed by atoms with E-state index in [1.807, 2.05) is 25.1 Å². The Balaban J connectivity index is 1.67. The number of rotatable bonds is 5. The van der Waals surface area contributed by atoms with E-state index in [1.54, 1.807) is 41.8 Å². The maximum absolute atomic E-state index is 14.0. The van der Waals surface area contributed by atoms with Gasteiger partial charge in [0.2, 0.25) is 12.7 Å². The first-order chi connectivity index (χ1) is 16.9. The number of hydrogen-bond donors (Lipinski definition) is 1. The molecule has 2 aliphatic rings. The molecule has 9 heteroatoms. The van der Waals surface area contributed by atoms with Gasteiger partial charge in [0.25, 0.3) is 5.56 Å². The molecule has 0 saturated carbocycles. The Morgan fingerprint density at radius 3 is 2.69 bits per heavy atom. The highest BCUT2D eigenvalue weighted by atomic mass is 35.5. The van der Waals surface area contributed by atoms with Crippen molar-refractivity contribution in [3.05, 3.63) is 97.7 Å². The highest BCUT2D eigenvalue weighted by Gasteiger charge is 2.39. The predicted octanol–water partition coefficient (Wildman–Crippen LogP) is 3.84. The summed E-state index contributed by atoms with van der Waals surface area (Å²) < 4.78 is 23.5. The number of aryl methyl sites for hydroxylation is 1. The van der Waals surface area contributed by atoms with Crippen molar-refractivity contribution >= 4 is 17.6 Å². The number of carbonyl (C=O) groups is 1. The smallest absolute Gasteiger partial charge is 0.340 e. The monoisotopic (exact) mass is 494 g/mol. The number of aromatic nitrogens is 1. The average Bonchev–Trinajstić information content (AvgIpc) is 3.29. The summed E-state index contributed by atoms with van der Waals surface area (Å²) in [6.07, 6.45) is 0. The summed E-state index contributed by atoms with van der Waals surface area (Å²) in [5, 5.41) is 0.391. The Bertz CT molecular complexity index is 1430. The lowest BCUT2D eigenvalue weighted by atomic mass is 9.83. The summed E-state index contributed by atoms with van der Waals surface area (Å²) in [4.78, 5) is 26.9. The van der Waals surface area contributed by atoms with E-state index in [0.717, 1.165) is 5.56 Å². The van der Waals surface area contributed by atoms with Crippen LogP contribution in [-0.2, 0) is 16.1 Å². The summed E-state index contributed by atoms with van der Waals surface area (Å²) in [6.45, 7) is 4.08. The number of ether oxygens (including phenoxy) is 4. The molecule has 3 heterocycles. The molecule has 0 saturated heterocycles. The largest absolute Gasteiger partial charge is 0.462 e. The van der Waals surface area contributed by atoms with Crippen LogP contribution in [0.15, 0.2) is 64.8 Å². The summed E-state index contributed by atoms with van der Waals surface area (Å²) in [7, 11) is 0. The molecular weight excluding hydrogens is 472 g/mol. The summed E-state index contributed by atoms with van der Waals surface area (Å²) in [5.74, 6) is -0.0672. The SMILES string of the molecule is CCOC(=O)C1=C(N)Oc2cc(C)n(Cc3ccc4c(c3)OCO4)c(=O)c2C1c1ccccc1Cl. The second kappa shape index (κ2) is 9.03. The van der Waals surface area contributed by atoms with Crippen LogP contribution in [-0.4, -0.2) is 23.9 Å². The van der Waals surface area contributed by atoms with Gasteiger partial charge in [-0.25, -0.2) is 4.79 Å². The molecule has 0 fully saturated rings. The van der Waals surface area contributed by atoms with Crippen molar-refractivity contribution in [2.45, 2.75) is 26.3 Å². The van der Waals surface area contributed by atoms with Crippen molar-refractivity contribution in [1.82, 2.24) is 4.57 Å². The molecule has 0 bridgehead atoms. The van der Waals surface area contributed by atoms with Crippen LogP contribution in [0.4, 0.5) is 0 Å². The molecule has 0 amide bonds. The van der Waals surface area contributed by atoms with Gasteiger partial charge in [0.15, 0.2) is 11.5 Å². The normalized spacial score (nSPS) is 16.0. The van der Waals surface area contributed by atoms with Gasteiger partial charge in [-0.1, -0.05) is 35.9 Å². The minimum Gasteiger partial charge on any atom is -0.462 e. The molecule has 3 aromatic rings. The Kier molecular flexibility index (Phi) is 5.90. The first-order valence-electron chi connectivity index (χ1n) is 11.1. The third-order valence-electron chi connectivity index (χ3n) is 6.06. The van der Waals surface area contributed by atoms with E-state index in [-0.39, 0.29) is 48.3 Å². The first-order valence-corrected chi connectivity index (χ1v) is 11.5. The van der Waals surface area contributed by atoms with E-state index in [0.29, 0.717) is 27.8 Å². The molecule has 35 heavy (non-hydrogen) atoms. The molecule has 1 unspecified atom stereocenters. The lowest BCUT2D eigenvalue weighted by molar-refractivity contribution is -0.139. The number of pyridine rings is 1. The fourth-order valence-corrected chi connectivity index (χ4v) is 4.68. The number of halogens is 1. The van der Waals surface area contributed by atoms with Crippen LogP contribution in [0.2, 0.25) is 5.02 Å². The van der Waals surface area contributed by atoms with Gasteiger partial charge < -0.3 is 29.2 Å². The molecule has 2 aromatic carbocycles. The molecule has 180 valence electrons. The number of nitrogens with two attached hydrogens (primary N) is 1. The summed E-state index contributed by atoms with van der Waals surface area (Å²) >= 11 is 6.54. The lowest BCUT2D eigenvalue weighted by Crippen LogP contribution is -2.35. The second-order valence-electron chi connectivity index (χ2n) is 8.20. The van der Waals surface area contributed by atoms with E-state index in [9.17, 15) is 9.59 Å². The molecule has 8 nitrogen and oxygen atoms in total. The van der Waals surface area contributed by atoms with Crippen LogP contribution in [0, 0.1) is 6.92 Å². The van der Waals surface area contributed by atoms with Gasteiger partial charge in [0, 0.05) is 16.8 Å². The van der Waals surface area contributed by atoms with Crippen LogP contribution in [0.25, 0.3) is 0 Å². The zero-order valence-corrected chi connectivity index (χ0v) is 19.9. The third kappa shape index (κ3) is 4.00. The van der Waals surface area contributed by atoms with E-state index >= 15 is 0 Å². The third-order valence-corrected chi connectivity index (χ3v) is 6.40. The molecule has 1 aromatic heterocycles. The number of carbonyl (C=O) groups excluding carboxylic acids is 1. The van der Waals surface area contributed by atoms with Gasteiger partial charge >= 0.3 is 5.97 Å². The first kappa shape index (κ1) is 22.9. The Hall–Kier alpha value is -3.91. The highest BCUT2D eigenvalue weighted by molar-refractivity contribution is 6.31. The molecule has 1 atom stereocenters. The summed E-state index contributed by atoms with van der Waals surface area (Å²) in [6, 6.07) is 14.3. The van der Waals surface area contributed by atoms with Crippen molar-refractivity contribution < 1.29 is 23.7 Å². The fraction of sp³-hybridized carbons (Fsp3) is 0.231. The minimum atomic E-state index is -0.859. The molecule has 0 spiro atoms. The highest BCUT2D eigenvalue weighted by Crippen LogP contribution is 2.43. The van der Waals surface area contributed by atoms with E-state index in [1.165, 1.54) is 0 Å². The van der Waals surface area contributed by atoms with Crippen LogP contribution in [0.1, 0.15) is 35.2 Å². The van der Waals surface area contributed by atoms with Crippen LogP contribution < -0.4 is 25.5 Å². The standard InChI is InChI=1S/C26H23ClN2O6/c1-3-32-26(31)23-21(16-6-4-5-7-17(16)27)22-20(35-24(23)28)10-14(2)29(25(22)30)12-15-8-9-18-19(11-15)34-13-33-18/h4-11,21H,3,12-13,28H2,1-2H3. The van der Waals surface area contributed by atoms with Gasteiger partial charge in [-0.3, -0.25) is 4.79 Å². The second-order valence-corrected chi connectivity index (χ2v) is 8.60. The number of fused-ring (bicyclic) bond motifs is 2. The molecule has 0 radical (unpaired) electrons. The summed E-state index contributed by atoms with van der Waals surface area (Å²) in [5.41, 5.74) is 8.26. The molecular formula is C26H23ClN2O6. The Morgan fingerprint density at radius 2 is 1.91 bits per heavy atom. The van der Waals surface area contributed by atoms with Gasteiger partial charge in [0.05, 0.1) is 24.6 Å². The van der Waals surface area contributed by atoms with Crippen LogP contribution >= 0.6 is 11.6 Å². The number of esters is 1. The lowest BCUT2D eigenvalue weighted by Gasteiger charge is -2.29. The van der Waals surface area contributed by atoms with Crippen LogP contribution in [0.5, 0.6) is 17.2 Å². The van der Waals surface area contributed by atoms with Crippen molar-refractivity contribution in [3.8, 4) is 17.2 Å². The number of benzene rings is 2. The minimum absolute atomic E-state index is 0.0445. The molecule has 5 rings (SSSR count). The van der Waals surface area contributed by atoms with Crippen LogP contribution in [0.3, 0.4) is 0 Å². The Morgan fingerprint density at radius 1 is 1.14 bits per heavy atom. The zero-order chi connectivity index (χ0) is 24.7. The van der Waals surface area contributed by atoms with Crippen molar-refractivity contribution in [1.29, 1.82) is 0 Å². The van der Waals surface area contributed by atoms with Crippen molar-refractivity contribution in [2.24, 2.45) is 5.73 Å². The maximum Gasteiger partial charge on any atom is 0.340 e. The molecule has 2 aliphatic heterocycles. The van der Waals surface area contributed by atoms with Crippen molar-refractivity contribution in [3.63, 3.8) is 0 Å². The van der Waals surface area contributed by atoms with E-state index < -0.39 is 11.9 Å². The fourth-order valence-electron chi connectivity index (χ4n) is 4.43. The number of hydrogen-bond acceptors (Lipinski definition) is 7.